The first kappa shape index (κ1) is 16.5. The number of carbonyl (C=O) groups is 2. The topological polar surface area (TPSA) is 75.6 Å². The fraction of sp³-hybridized carbons (Fsp3) is 0.733. The highest BCUT2D eigenvalue weighted by molar-refractivity contribution is 5.81. The minimum atomic E-state index is -1.08. The van der Waals surface area contributed by atoms with Crippen molar-refractivity contribution in [1.82, 2.24) is 5.32 Å². The number of allylic oxidation sites excluding steroid dienone is 1. The molecule has 0 aromatic carbocycles. The molecule has 0 bridgehead atoms. The minimum Gasteiger partial charge on any atom is -0.479 e. The largest absolute Gasteiger partial charge is 0.479 e. The summed E-state index contributed by atoms with van der Waals surface area (Å²) in [5.74, 6) is -0.658. The number of ether oxygens (including phenoxy) is 1. The Hall–Kier alpha value is -1.52. The Morgan fingerprint density at radius 1 is 1.25 bits per heavy atom. The van der Waals surface area contributed by atoms with Crippen molar-refractivity contribution >= 4 is 12.1 Å². The summed E-state index contributed by atoms with van der Waals surface area (Å²) in [5.41, 5.74) is -0.639. The minimum absolute atomic E-state index is 0.422. The first-order valence-corrected chi connectivity index (χ1v) is 7.18. The second-order valence-corrected chi connectivity index (χ2v) is 6.25. The average molecular weight is 283 g/mol. The number of carbonyl (C=O) groups excluding carboxylic acids is 1. The molecule has 114 valence electrons. The van der Waals surface area contributed by atoms with Gasteiger partial charge in [-0.1, -0.05) is 31.4 Å². The molecule has 0 heterocycles. The van der Waals surface area contributed by atoms with Crippen LogP contribution in [0.5, 0.6) is 0 Å². The van der Waals surface area contributed by atoms with Crippen LogP contribution in [-0.4, -0.2) is 28.8 Å². The second kappa shape index (κ2) is 7.31. The van der Waals surface area contributed by atoms with Crippen LogP contribution >= 0.6 is 0 Å². The van der Waals surface area contributed by atoms with Crippen molar-refractivity contribution in [1.29, 1.82) is 0 Å². The zero-order valence-corrected chi connectivity index (χ0v) is 12.5. The average Bonchev–Trinajstić information content (AvgIpc) is 2.33. The molecule has 0 spiro atoms. The molecule has 1 fully saturated rings. The molecule has 5 heteroatoms. The van der Waals surface area contributed by atoms with E-state index in [1.165, 1.54) is 19.3 Å². The van der Waals surface area contributed by atoms with Crippen molar-refractivity contribution < 1.29 is 19.4 Å². The van der Waals surface area contributed by atoms with Crippen LogP contribution in [0.1, 0.15) is 52.9 Å². The van der Waals surface area contributed by atoms with Crippen LogP contribution in [0.2, 0.25) is 0 Å². The summed E-state index contributed by atoms with van der Waals surface area (Å²) < 4.78 is 5.06. The molecule has 0 saturated heterocycles. The van der Waals surface area contributed by atoms with E-state index in [4.69, 9.17) is 9.84 Å². The molecular formula is C15H25NO4. The van der Waals surface area contributed by atoms with E-state index in [1.807, 2.05) is 6.08 Å². The number of carboxylic acid groups (broad SMARTS) is 1. The molecule has 1 rings (SSSR count). The van der Waals surface area contributed by atoms with Gasteiger partial charge in [-0.15, -0.1) is 0 Å². The van der Waals surface area contributed by atoms with Gasteiger partial charge in [-0.05, 0) is 39.5 Å². The molecule has 1 aliphatic carbocycles. The van der Waals surface area contributed by atoms with Crippen molar-refractivity contribution in [2.75, 3.05) is 0 Å². The van der Waals surface area contributed by atoms with Gasteiger partial charge in [-0.25, -0.2) is 9.59 Å². The third kappa shape index (κ3) is 6.59. The van der Waals surface area contributed by atoms with E-state index in [-0.39, 0.29) is 0 Å². The Labute approximate surface area is 120 Å². The van der Waals surface area contributed by atoms with Crippen LogP contribution in [0.3, 0.4) is 0 Å². The lowest BCUT2D eigenvalue weighted by molar-refractivity contribution is -0.138. The second-order valence-electron chi connectivity index (χ2n) is 6.25. The third-order valence-corrected chi connectivity index (χ3v) is 3.16. The van der Waals surface area contributed by atoms with E-state index in [2.05, 4.69) is 5.32 Å². The number of carboxylic acids is 1. The molecule has 1 amide bonds. The first-order chi connectivity index (χ1) is 9.28. The normalized spacial score (nSPS) is 18.8. The number of hydrogen-bond acceptors (Lipinski definition) is 3. The van der Waals surface area contributed by atoms with Gasteiger partial charge in [0.05, 0.1) is 0 Å². The van der Waals surface area contributed by atoms with Gasteiger partial charge >= 0.3 is 12.1 Å². The first-order valence-electron chi connectivity index (χ1n) is 7.18. The van der Waals surface area contributed by atoms with E-state index < -0.39 is 23.7 Å². The lowest BCUT2D eigenvalue weighted by Gasteiger charge is -2.21. The summed E-state index contributed by atoms with van der Waals surface area (Å²) in [5, 5.41) is 11.5. The molecule has 1 atom stereocenters. The Morgan fingerprint density at radius 2 is 1.85 bits per heavy atom. The van der Waals surface area contributed by atoms with E-state index in [0.717, 1.165) is 12.8 Å². The SMILES string of the molecule is CC(C)(C)OC(=O)N[C@H](/C=C/C1CCCCC1)C(=O)O. The van der Waals surface area contributed by atoms with Crippen molar-refractivity contribution in [2.24, 2.45) is 5.92 Å². The van der Waals surface area contributed by atoms with Crippen LogP contribution in [0.25, 0.3) is 0 Å². The highest BCUT2D eigenvalue weighted by Crippen LogP contribution is 2.24. The van der Waals surface area contributed by atoms with E-state index in [9.17, 15) is 9.59 Å². The van der Waals surface area contributed by atoms with Crippen LogP contribution in [0.15, 0.2) is 12.2 Å². The van der Waals surface area contributed by atoms with Gasteiger partial charge in [0.15, 0.2) is 0 Å². The molecule has 0 aliphatic heterocycles. The Bertz CT molecular complexity index is 365. The molecule has 1 aliphatic rings. The van der Waals surface area contributed by atoms with Crippen molar-refractivity contribution in [3.05, 3.63) is 12.2 Å². The zero-order chi connectivity index (χ0) is 15.2. The summed E-state index contributed by atoms with van der Waals surface area (Å²) in [6.45, 7) is 5.21. The smallest absolute Gasteiger partial charge is 0.408 e. The van der Waals surface area contributed by atoms with Gasteiger partial charge in [-0.2, -0.15) is 0 Å². The fourth-order valence-corrected chi connectivity index (χ4v) is 2.22. The molecule has 1 saturated carbocycles. The van der Waals surface area contributed by atoms with Crippen molar-refractivity contribution in [2.45, 2.75) is 64.5 Å². The predicted molar refractivity (Wildman–Crippen MR) is 76.5 cm³/mol. The lowest BCUT2D eigenvalue weighted by atomic mass is 9.89. The highest BCUT2D eigenvalue weighted by atomic mass is 16.6. The molecule has 20 heavy (non-hydrogen) atoms. The van der Waals surface area contributed by atoms with Crippen LogP contribution in [0, 0.1) is 5.92 Å². The van der Waals surface area contributed by atoms with Gasteiger partial charge < -0.3 is 15.2 Å². The highest BCUT2D eigenvalue weighted by Gasteiger charge is 2.22. The maximum Gasteiger partial charge on any atom is 0.408 e. The van der Waals surface area contributed by atoms with Crippen LogP contribution in [-0.2, 0) is 9.53 Å². The van der Waals surface area contributed by atoms with Crippen LogP contribution in [0.4, 0.5) is 4.79 Å². The van der Waals surface area contributed by atoms with Crippen molar-refractivity contribution in [3.63, 3.8) is 0 Å². The fourth-order valence-electron chi connectivity index (χ4n) is 2.22. The third-order valence-electron chi connectivity index (χ3n) is 3.16. The summed E-state index contributed by atoms with van der Waals surface area (Å²) >= 11 is 0. The number of nitrogens with one attached hydrogen (secondary N) is 1. The predicted octanol–water partition coefficient (Wildman–Crippen LogP) is 3.10. The summed E-state index contributed by atoms with van der Waals surface area (Å²) in [7, 11) is 0. The summed E-state index contributed by atoms with van der Waals surface area (Å²) in [6.07, 6.45) is 8.57. The monoisotopic (exact) mass is 283 g/mol. The maximum atomic E-state index is 11.6. The van der Waals surface area contributed by atoms with Gasteiger partial charge in [0.25, 0.3) is 0 Å². The number of hydrogen-bond donors (Lipinski definition) is 2. The summed E-state index contributed by atoms with van der Waals surface area (Å²) in [4.78, 5) is 22.7. The van der Waals surface area contributed by atoms with E-state index in [0.29, 0.717) is 5.92 Å². The van der Waals surface area contributed by atoms with Crippen molar-refractivity contribution in [3.8, 4) is 0 Å². The van der Waals surface area contributed by atoms with Gasteiger partial charge in [0, 0.05) is 0 Å². The number of amides is 1. The Balaban J connectivity index is 2.53. The quantitative estimate of drug-likeness (QED) is 0.777. The number of aliphatic carboxylic acids is 1. The van der Waals surface area contributed by atoms with E-state index >= 15 is 0 Å². The molecule has 0 aromatic heterocycles. The van der Waals surface area contributed by atoms with Gasteiger partial charge in [0.2, 0.25) is 0 Å². The molecule has 2 N–H and O–H groups in total. The standard InChI is InChI=1S/C15H25NO4/c1-15(2,3)20-14(19)16-12(13(17)18)10-9-11-7-5-4-6-8-11/h9-12H,4-8H2,1-3H3,(H,16,19)(H,17,18)/b10-9+/t12-/m1/s1. The van der Waals surface area contributed by atoms with Crippen LogP contribution < -0.4 is 5.32 Å². The number of alkyl carbamates (subject to hydrolysis) is 1. The molecule has 0 unspecified atom stereocenters. The molecule has 0 aromatic rings. The summed E-state index contributed by atoms with van der Waals surface area (Å²) in [6, 6.07) is -1.04. The molecule has 5 nitrogen and oxygen atoms in total. The van der Waals surface area contributed by atoms with Gasteiger partial charge in [-0.3, -0.25) is 0 Å². The maximum absolute atomic E-state index is 11.6. The lowest BCUT2D eigenvalue weighted by Crippen LogP contribution is -2.42. The molecular weight excluding hydrogens is 258 g/mol. The number of rotatable bonds is 4. The van der Waals surface area contributed by atoms with E-state index in [1.54, 1.807) is 26.8 Å². The molecule has 0 radical (unpaired) electrons. The van der Waals surface area contributed by atoms with Gasteiger partial charge in [0.1, 0.15) is 11.6 Å². The Morgan fingerprint density at radius 3 is 2.35 bits per heavy atom. The zero-order valence-electron chi connectivity index (χ0n) is 12.5. The Kier molecular flexibility index (Phi) is 6.05.